The fraction of sp³-hybridized carbons (Fsp3) is 0.400. The van der Waals surface area contributed by atoms with Crippen LogP contribution in [-0.2, 0) is 35.7 Å². The molecule has 0 fully saturated rings. The number of sulfonamides is 1. The van der Waals surface area contributed by atoms with E-state index in [9.17, 15) is 8.42 Å². The molecule has 0 amide bonds. The Morgan fingerprint density at radius 3 is 2.42 bits per heavy atom. The SMILES string of the molecule is CCc1cccc(CC)c1NS(=O)(=O)c1c2c(cc3c1OCC3)OCC2. The van der Waals surface area contributed by atoms with Crippen molar-refractivity contribution in [2.45, 2.75) is 44.4 Å². The zero-order valence-electron chi connectivity index (χ0n) is 15.1. The maximum absolute atomic E-state index is 13.4. The summed E-state index contributed by atoms with van der Waals surface area (Å²) in [5.41, 5.74) is 4.32. The molecule has 6 heteroatoms. The largest absolute Gasteiger partial charge is 0.493 e. The van der Waals surface area contributed by atoms with E-state index in [4.69, 9.17) is 9.47 Å². The predicted molar refractivity (Wildman–Crippen MR) is 101 cm³/mol. The number of rotatable bonds is 5. The minimum atomic E-state index is -3.78. The van der Waals surface area contributed by atoms with Gasteiger partial charge in [-0.05, 0) is 30.0 Å². The Morgan fingerprint density at radius 1 is 1.04 bits per heavy atom. The highest BCUT2D eigenvalue weighted by Crippen LogP contribution is 2.44. The van der Waals surface area contributed by atoms with Crippen LogP contribution in [0.25, 0.3) is 0 Å². The molecule has 0 bridgehead atoms. The molecule has 5 nitrogen and oxygen atoms in total. The number of benzene rings is 2. The summed E-state index contributed by atoms with van der Waals surface area (Å²) in [7, 11) is -3.78. The van der Waals surface area contributed by atoms with Crippen molar-refractivity contribution in [3.63, 3.8) is 0 Å². The van der Waals surface area contributed by atoms with Gasteiger partial charge >= 0.3 is 0 Å². The summed E-state index contributed by atoms with van der Waals surface area (Å²) in [6.07, 6.45) is 2.81. The summed E-state index contributed by atoms with van der Waals surface area (Å²) in [5, 5.41) is 0. The molecule has 4 rings (SSSR count). The monoisotopic (exact) mass is 373 g/mol. The van der Waals surface area contributed by atoms with Crippen LogP contribution >= 0.6 is 0 Å². The third kappa shape index (κ3) is 2.72. The molecule has 0 unspecified atom stereocenters. The number of nitrogens with one attached hydrogen (secondary N) is 1. The average Bonchev–Trinajstić information content (AvgIpc) is 3.27. The lowest BCUT2D eigenvalue weighted by Gasteiger charge is -2.18. The van der Waals surface area contributed by atoms with Crippen molar-refractivity contribution >= 4 is 15.7 Å². The van der Waals surface area contributed by atoms with Gasteiger partial charge in [0.15, 0.2) is 0 Å². The Labute approximate surface area is 154 Å². The zero-order chi connectivity index (χ0) is 18.3. The van der Waals surface area contributed by atoms with Gasteiger partial charge in [-0.25, -0.2) is 8.42 Å². The maximum atomic E-state index is 13.4. The molecule has 2 aliphatic heterocycles. The third-order valence-corrected chi connectivity index (χ3v) is 6.55. The van der Waals surface area contributed by atoms with Crippen molar-refractivity contribution < 1.29 is 17.9 Å². The van der Waals surface area contributed by atoms with E-state index in [-0.39, 0.29) is 4.90 Å². The quantitative estimate of drug-likeness (QED) is 0.871. The Morgan fingerprint density at radius 2 is 1.73 bits per heavy atom. The Balaban J connectivity index is 1.86. The van der Waals surface area contributed by atoms with Crippen molar-refractivity contribution in [1.29, 1.82) is 0 Å². The second kappa shape index (κ2) is 6.50. The molecule has 26 heavy (non-hydrogen) atoms. The predicted octanol–water partition coefficient (Wildman–Crippen LogP) is 3.48. The van der Waals surface area contributed by atoms with E-state index >= 15 is 0 Å². The molecular weight excluding hydrogens is 350 g/mol. The molecule has 2 heterocycles. The lowest BCUT2D eigenvalue weighted by molar-refractivity contribution is 0.348. The summed E-state index contributed by atoms with van der Waals surface area (Å²) in [4.78, 5) is 0.257. The number of hydrogen-bond donors (Lipinski definition) is 1. The molecule has 138 valence electrons. The topological polar surface area (TPSA) is 64.6 Å². The lowest BCUT2D eigenvalue weighted by Crippen LogP contribution is -2.18. The number of para-hydroxylation sites is 1. The molecular formula is C20H23NO4S. The summed E-state index contributed by atoms with van der Waals surface area (Å²) < 4.78 is 41.1. The first-order valence-electron chi connectivity index (χ1n) is 9.13. The van der Waals surface area contributed by atoms with Gasteiger partial charge in [0, 0.05) is 24.0 Å². The highest BCUT2D eigenvalue weighted by atomic mass is 32.2. The van der Waals surface area contributed by atoms with Crippen LogP contribution < -0.4 is 14.2 Å². The van der Waals surface area contributed by atoms with Crippen molar-refractivity contribution in [3.8, 4) is 11.5 Å². The van der Waals surface area contributed by atoms with E-state index in [0.717, 1.165) is 35.1 Å². The summed E-state index contributed by atoms with van der Waals surface area (Å²) in [5.74, 6) is 1.17. The van der Waals surface area contributed by atoms with Crippen LogP contribution in [-0.4, -0.2) is 21.6 Å². The van der Waals surface area contributed by atoms with Gasteiger partial charge < -0.3 is 9.47 Å². The molecule has 0 saturated carbocycles. The third-order valence-electron chi connectivity index (χ3n) is 5.11. The minimum Gasteiger partial charge on any atom is -0.493 e. The van der Waals surface area contributed by atoms with E-state index in [1.165, 1.54) is 0 Å². The van der Waals surface area contributed by atoms with Gasteiger partial charge in [0.05, 0.1) is 18.9 Å². The number of aryl methyl sites for hydroxylation is 2. The van der Waals surface area contributed by atoms with Crippen molar-refractivity contribution in [1.82, 2.24) is 0 Å². The summed E-state index contributed by atoms with van der Waals surface area (Å²) in [6.45, 7) is 5.07. The van der Waals surface area contributed by atoms with E-state index < -0.39 is 10.0 Å². The second-order valence-corrected chi connectivity index (χ2v) is 8.25. The van der Waals surface area contributed by atoms with E-state index in [2.05, 4.69) is 4.72 Å². The van der Waals surface area contributed by atoms with Crippen LogP contribution in [0.15, 0.2) is 29.2 Å². The van der Waals surface area contributed by atoms with Crippen LogP contribution in [0.2, 0.25) is 0 Å². The van der Waals surface area contributed by atoms with E-state index in [0.29, 0.717) is 43.2 Å². The smallest absolute Gasteiger partial charge is 0.266 e. The molecule has 0 saturated heterocycles. The average molecular weight is 373 g/mol. The van der Waals surface area contributed by atoms with Gasteiger partial charge in [0.2, 0.25) is 0 Å². The summed E-state index contributed by atoms with van der Waals surface area (Å²) >= 11 is 0. The fourth-order valence-corrected chi connectivity index (χ4v) is 5.38. The number of anilines is 1. The molecule has 2 aromatic rings. The van der Waals surface area contributed by atoms with Crippen LogP contribution in [0.5, 0.6) is 11.5 Å². The summed E-state index contributed by atoms with van der Waals surface area (Å²) in [6, 6.07) is 7.85. The first-order chi connectivity index (χ1) is 12.5. The molecule has 0 aromatic heterocycles. The van der Waals surface area contributed by atoms with Crippen molar-refractivity contribution in [2.75, 3.05) is 17.9 Å². The van der Waals surface area contributed by atoms with E-state index in [1.54, 1.807) is 0 Å². The van der Waals surface area contributed by atoms with Gasteiger partial charge in [-0.2, -0.15) is 0 Å². The molecule has 1 N–H and O–H groups in total. The van der Waals surface area contributed by atoms with Crippen LogP contribution in [0.1, 0.15) is 36.1 Å². The van der Waals surface area contributed by atoms with Crippen LogP contribution in [0.3, 0.4) is 0 Å². The first kappa shape index (κ1) is 17.2. The molecule has 0 aliphatic carbocycles. The number of ether oxygens (including phenoxy) is 2. The molecule has 0 atom stereocenters. The van der Waals surface area contributed by atoms with Crippen molar-refractivity contribution in [2.24, 2.45) is 0 Å². The van der Waals surface area contributed by atoms with E-state index in [1.807, 2.05) is 38.1 Å². The Bertz CT molecular complexity index is 912. The zero-order valence-corrected chi connectivity index (χ0v) is 15.9. The molecule has 2 aromatic carbocycles. The fourth-order valence-electron chi connectivity index (χ4n) is 3.78. The van der Waals surface area contributed by atoms with Gasteiger partial charge in [0.25, 0.3) is 10.0 Å². The van der Waals surface area contributed by atoms with Gasteiger partial charge in [0.1, 0.15) is 16.4 Å². The normalized spacial score (nSPS) is 15.2. The van der Waals surface area contributed by atoms with Crippen molar-refractivity contribution in [3.05, 3.63) is 46.5 Å². The highest BCUT2D eigenvalue weighted by molar-refractivity contribution is 7.93. The van der Waals surface area contributed by atoms with Gasteiger partial charge in [-0.3, -0.25) is 4.72 Å². The Hall–Kier alpha value is -2.21. The standard InChI is InChI=1S/C20H23NO4S/c1-3-13-6-5-7-14(4-2)18(13)21-26(22,23)20-16-9-11-24-17(16)12-15-8-10-25-19(15)20/h5-7,12,21H,3-4,8-11H2,1-2H3. The maximum Gasteiger partial charge on any atom is 0.266 e. The highest BCUT2D eigenvalue weighted by Gasteiger charge is 2.34. The van der Waals surface area contributed by atoms with Gasteiger partial charge in [-0.15, -0.1) is 0 Å². The Kier molecular flexibility index (Phi) is 4.31. The van der Waals surface area contributed by atoms with Crippen LogP contribution in [0, 0.1) is 0 Å². The molecule has 0 spiro atoms. The lowest BCUT2D eigenvalue weighted by atomic mass is 10.0. The second-order valence-electron chi connectivity index (χ2n) is 6.63. The number of fused-ring (bicyclic) bond motifs is 2. The van der Waals surface area contributed by atoms with Crippen LogP contribution in [0.4, 0.5) is 5.69 Å². The molecule has 0 radical (unpaired) electrons. The molecule has 2 aliphatic rings. The first-order valence-corrected chi connectivity index (χ1v) is 10.6. The minimum absolute atomic E-state index is 0.257. The number of hydrogen-bond acceptors (Lipinski definition) is 4. The van der Waals surface area contributed by atoms with Gasteiger partial charge in [-0.1, -0.05) is 32.0 Å².